The monoisotopic (exact) mass is 433 g/mol. The Morgan fingerprint density at radius 1 is 1.23 bits per heavy atom. The minimum atomic E-state index is -0.626. The number of thiophene rings is 1. The first-order chi connectivity index (χ1) is 14.9. The van der Waals surface area contributed by atoms with E-state index in [-0.39, 0.29) is 30.6 Å². The van der Waals surface area contributed by atoms with E-state index in [0.29, 0.717) is 12.0 Å². The lowest BCUT2D eigenvalue weighted by atomic mass is 9.86. The van der Waals surface area contributed by atoms with E-state index in [2.05, 4.69) is 35.8 Å². The number of rotatable bonds is 7. The van der Waals surface area contributed by atoms with Gasteiger partial charge >= 0.3 is 0 Å². The Kier molecular flexibility index (Phi) is 5.92. The second-order valence-corrected chi connectivity index (χ2v) is 9.31. The highest BCUT2D eigenvalue weighted by molar-refractivity contribution is 7.17. The smallest absolute Gasteiger partial charge is 0.232 e. The predicted molar refractivity (Wildman–Crippen MR) is 126 cm³/mol. The van der Waals surface area contributed by atoms with Gasteiger partial charge in [-0.15, -0.1) is 11.3 Å². The zero-order valence-electron chi connectivity index (χ0n) is 17.9. The van der Waals surface area contributed by atoms with Gasteiger partial charge in [0.25, 0.3) is 0 Å². The SMILES string of the molecule is CCCCC(=O)c1cccc(CN2C(=N)N[C@](C)(c3ccc4sccc4c3)CC2=O)c1. The molecule has 0 spiro atoms. The van der Waals surface area contributed by atoms with E-state index in [1.165, 1.54) is 9.60 Å². The molecule has 1 saturated heterocycles. The van der Waals surface area contributed by atoms with E-state index in [0.717, 1.165) is 29.4 Å². The number of hydrogen-bond donors (Lipinski definition) is 2. The minimum absolute atomic E-state index is 0.0897. The molecule has 2 heterocycles. The molecular formula is C25H27N3O2S. The molecule has 1 aromatic heterocycles. The minimum Gasteiger partial charge on any atom is -0.346 e. The summed E-state index contributed by atoms with van der Waals surface area (Å²) in [7, 11) is 0. The van der Waals surface area contributed by atoms with Crippen molar-refractivity contribution in [3.05, 3.63) is 70.6 Å². The van der Waals surface area contributed by atoms with Gasteiger partial charge in [0, 0.05) is 16.7 Å². The maximum Gasteiger partial charge on any atom is 0.232 e. The fourth-order valence-corrected chi connectivity index (χ4v) is 4.83. The Morgan fingerprint density at radius 3 is 2.84 bits per heavy atom. The molecule has 31 heavy (non-hydrogen) atoms. The van der Waals surface area contributed by atoms with E-state index in [4.69, 9.17) is 5.41 Å². The van der Waals surface area contributed by atoms with Crippen molar-refractivity contribution in [3.8, 4) is 0 Å². The summed E-state index contributed by atoms with van der Waals surface area (Å²) in [5, 5.41) is 15.0. The van der Waals surface area contributed by atoms with Crippen LogP contribution in [0.3, 0.4) is 0 Å². The Balaban J connectivity index is 1.50. The number of amides is 1. The first kappa shape index (κ1) is 21.2. The maximum absolute atomic E-state index is 13.1. The molecule has 0 aliphatic carbocycles. The van der Waals surface area contributed by atoms with Crippen LogP contribution in [0.1, 0.15) is 61.0 Å². The van der Waals surface area contributed by atoms with Crippen LogP contribution in [0.15, 0.2) is 53.9 Å². The van der Waals surface area contributed by atoms with Gasteiger partial charge in [-0.2, -0.15) is 0 Å². The molecular weight excluding hydrogens is 406 g/mol. The number of carbonyl (C=O) groups excluding carboxylic acids is 2. The molecule has 2 aromatic carbocycles. The molecule has 1 amide bonds. The second kappa shape index (κ2) is 8.63. The standard InChI is InChI=1S/C25H27N3O2S/c1-3-4-8-21(29)18-7-5-6-17(13-18)16-28-23(30)15-25(2,27-24(28)26)20-9-10-22-19(14-20)11-12-31-22/h5-7,9-14H,3-4,8,15-16H2,1-2H3,(H2,26,27)/t25-/m0/s1. The molecule has 1 atom stereocenters. The van der Waals surface area contributed by atoms with E-state index in [1.54, 1.807) is 11.3 Å². The Bertz CT molecular complexity index is 1130. The average molecular weight is 434 g/mol. The summed E-state index contributed by atoms with van der Waals surface area (Å²) in [5.74, 6) is 0.115. The quantitative estimate of drug-likeness (QED) is 0.487. The number of carbonyl (C=O) groups is 2. The van der Waals surface area contributed by atoms with Gasteiger partial charge in [-0.3, -0.25) is 19.9 Å². The molecule has 1 fully saturated rings. The number of unbranched alkanes of at least 4 members (excludes halogenated alkanes) is 1. The van der Waals surface area contributed by atoms with Gasteiger partial charge in [0.2, 0.25) is 5.91 Å². The van der Waals surface area contributed by atoms with Crippen molar-refractivity contribution in [3.63, 3.8) is 0 Å². The number of nitrogens with zero attached hydrogens (tertiary/aromatic N) is 1. The van der Waals surface area contributed by atoms with Crippen LogP contribution in [-0.2, 0) is 16.9 Å². The molecule has 1 aliphatic rings. The van der Waals surface area contributed by atoms with Crippen molar-refractivity contribution < 1.29 is 9.59 Å². The third kappa shape index (κ3) is 4.39. The topological polar surface area (TPSA) is 73.3 Å². The van der Waals surface area contributed by atoms with Crippen molar-refractivity contribution in [1.29, 1.82) is 5.41 Å². The van der Waals surface area contributed by atoms with Crippen LogP contribution in [-0.4, -0.2) is 22.5 Å². The molecule has 3 aromatic rings. The van der Waals surface area contributed by atoms with Gasteiger partial charge < -0.3 is 5.32 Å². The lowest BCUT2D eigenvalue weighted by Crippen LogP contribution is -2.59. The lowest BCUT2D eigenvalue weighted by Gasteiger charge is -2.41. The molecule has 6 heteroatoms. The first-order valence-corrected chi connectivity index (χ1v) is 11.5. The van der Waals surface area contributed by atoms with Crippen LogP contribution in [0.5, 0.6) is 0 Å². The van der Waals surface area contributed by atoms with Crippen LogP contribution in [0, 0.1) is 5.41 Å². The zero-order valence-corrected chi connectivity index (χ0v) is 18.7. The first-order valence-electron chi connectivity index (χ1n) is 10.7. The summed E-state index contributed by atoms with van der Waals surface area (Å²) in [6.07, 6.45) is 2.65. The fraction of sp³-hybridized carbons (Fsp3) is 0.320. The van der Waals surface area contributed by atoms with Crippen LogP contribution >= 0.6 is 11.3 Å². The molecule has 0 bridgehead atoms. The average Bonchev–Trinajstić information content (AvgIpc) is 3.23. The summed E-state index contributed by atoms with van der Waals surface area (Å²) in [6.45, 7) is 4.31. The second-order valence-electron chi connectivity index (χ2n) is 8.36. The zero-order chi connectivity index (χ0) is 22.0. The van der Waals surface area contributed by atoms with Crippen LogP contribution in [0.2, 0.25) is 0 Å². The number of ketones is 1. The molecule has 5 nitrogen and oxygen atoms in total. The number of hydrogen-bond acceptors (Lipinski definition) is 4. The summed E-state index contributed by atoms with van der Waals surface area (Å²) in [6, 6.07) is 15.7. The Hall–Kier alpha value is -2.99. The van der Waals surface area contributed by atoms with Gasteiger partial charge in [0.15, 0.2) is 11.7 Å². The van der Waals surface area contributed by atoms with Crippen molar-refractivity contribution in [2.75, 3.05) is 0 Å². The Labute approximate surface area is 186 Å². The van der Waals surface area contributed by atoms with Gasteiger partial charge in [-0.05, 0) is 59.5 Å². The summed E-state index contributed by atoms with van der Waals surface area (Å²) >= 11 is 1.69. The highest BCUT2D eigenvalue weighted by Crippen LogP contribution is 2.33. The van der Waals surface area contributed by atoms with Crippen LogP contribution < -0.4 is 5.32 Å². The summed E-state index contributed by atoms with van der Waals surface area (Å²) in [4.78, 5) is 26.9. The molecule has 1 aliphatic heterocycles. The fourth-order valence-electron chi connectivity index (χ4n) is 4.05. The van der Waals surface area contributed by atoms with Gasteiger partial charge in [-0.25, -0.2) is 0 Å². The van der Waals surface area contributed by atoms with Crippen molar-refractivity contribution in [2.45, 2.75) is 51.6 Å². The number of fused-ring (bicyclic) bond motifs is 1. The largest absolute Gasteiger partial charge is 0.346 e. The number of nitrogens with one attached hydrogen (secondary N) is 2. The van der Waals surface area contributed by atoms with Crippen molar-refractivity contribution in [2.24, 2.45) is 0 Å². The predicted octanol–water partition coefficient (Wildman–Crippen LogP) is 5.45. The molecule has 2 N–H and O–H groups in total. The highest BCUT2D eigenvalue weighted by Gasteiger charge is 2.39. The van der Waals surface area contributed by atoms with Gasteiger partial charge in [0.05, 0.1) is 18.5 Å². The van der Waals surface area contributed by atoms with E-state index in [9.17, 15) is 9.59 Å². The van der Waals surface area contributed by atoms with Gasteiger partial charge in [-0.1, -0.05) is 37.6 Å². The van der Waals surface area contributed by atoms with Crippen LogP contribution in [0.4, 0.5) is 0 Å². The van der Waals surface area contributed by atoms with E-state index >= 15 is 0 Å². The highest BCUT2D eigenvalue weighted by atomic mass is 32.1. The molecule has 0 unspecified atom stereocenters. The third-order valence-electron chi connectivity index (χ3n) is 5.91. The summed E-state index contributed by atoms with van der Waals surface area (Å²) < 4.78 is 1.21. The third-order valence-corrected chi connectivity index (χ3v) is 6.80. The van der Waals surface area contributed by atoms with E-state index in [1.807, 2.05) is 37.3 Å². The Morgan fingerprint density at radius 2 is 2.06 bits per heavy atom. The number of guanidine groups is 1. The molecule has 0 saturated carbocycles. The molecule has 0 radical (unpaired) electrons. The summed E-state index contributed by atoms with van der Waals surface area (Å²) in [5.41, 5.74) is 1.90. The molecule has 160 valence electrons. The van der Waals surface area contributed by atoms with E-state index < -0.39 is 5.54 Å². The molecule has 4 rings (SSSR count). The maximum atomic E-state index is 13.1. The number of Topliss-reactive ketones (excluding diaryl/α,β-unsaturated/α-hetero) is 1. The lowest BCUT2D eigenvalue weighted by molar-refractivity contribution is -0.131. The number of benzene rings is 2. The normalized spacial score (nSPS) is 19.0. The van der Waals surface area contributed by atoms with Crippen molar-refractivity contribution in [1.82, 2.24) is 10.2 Å². The van der Waals surface area contributed by atoms with Crippen LogP contribution in [0.25, 0.3) is 10.1 Å². The van der Waals surface area contributed by atoms with Gasteiger partial charge in [0.1, 0.15) is 0 Å². The van der Waals surface area contributed by atoms with Crippen molar-refractivity contribution >= 4 is 39.1 Å².